The number of nitrogens with one attached hydrogen (secondary N) is 1. The first kappa shape index (κ1) is 22.0. The molecule has 1 aliphatic carbocycles. The number of hydrogen-bond acceptors (Lipinski definition) is 4. The number of aryl methyl sites for hydroxylation is 1. The van der Waals surface area contributed by atoms with E-state index in [1.54, 1.807) is 43.3 Å². The van der Waals surface area contributed by atoms with Gasteiger partial charge in [-0.05, 0) is 67.1 Å². The van der Waals surface area contributed by atoms with Gasteiger partial charge in [-0.15, -0.1) is 11.3 Å². The van der Waals surface area contributed by atoms with Gasteiger partial charge in [0.1, 0.15) is 0 Å². The Morgan fingerprint density at radius 2 is 1.66 bits per heavy atom. The molecule has 2 aromatic carbocycles. The minimum Gasteiger partial charge on any atom is -0.345 e. The van der Waals surface area contributed by atoms with Crippen LogP contribution in [-0.4, -0.2) is 36.6 Å². The van der Waals surface area contributed by atoms with Crippen LogP contribution in [0.4, 0.5) is 5.69 Å². The molecule has 0 atom stereocenters. The topological polar surface area (TPSA) is 66.5 Å². The van der Waals surface area contributed by atoms with Crippen molar-refractivity contribution in [3.05, 3.63) is 76.2 Å². The lowest BCUT2D eigenvalue weighted by Gasteiger charge is -2.10. The van der Waals surface area contributed by atoms with Crippen molar-refractivity contribution in [3.63, 3.8) is 0 Å². The summed E-state index contributed by atoms with van der Waals surface area (Å²) in [5, 5.41) is 2.96. The van der Waals surface area contributed by atoms with Gasteiger partial charge < -0.3 is 10.2 Å². The van der Waals surface area contributed by atoms with Crippen LogP contribution in [0.15, 0.2) is 54.6 Å². The highest BCUT2D eigenvalue weighted by atomic mass is 32.1. The molecule has 1 saturated carbocycles. The summed E-state index contributed by atoms with van der Waals surface area (Å²) in [5.41, 5.74) is 3.81. The average molecular weight is 447 g/mol. The van der Waals surface area contributed by atoms with Crippen LogP contribution >= 0.6 is 11.3 Å². The molecule has 5 nitrogen and oxygen atoms in total. The van der Waals surface area contributed by atoms with Crippen LogP contribution in [0.5, 0.6) is 0 Å². The summed E-state index contributed by atoms with van der Waals surface area (Å²) in [7, 11) is 3.45. The molecular formula is C26H26N2O3S. The molecule has 0 saturated heterocycles. The van der Waals surface area contributed by atoms with Crippen LogP contribution in [0.1, 0.15) is 55.2 Å². The van der Waals surface area contributed by atoms with E-state index in [1.807, 2.05) is 37.3 Å². The first-order valence-corrected chi connectivity index (χ1v) is 11.5. The number of rotatable bonds is 7. The Labute approximate surface area is 192 Å². The largest absolute Gasteiger partial charge is 0.345 e. The van der Waals surface area contributed by atoms with Gasteiger partial charge in [-0.25, -0.2) is 0 Å². The summed E-state index contributed by atoms with van der Waals surface area (Å²) >= 11 is 1.39. The molecular weight excluding hydrogens is 420 g/mol. The lowest BCUT2D eigenvalue weighted by molar-refractivity contribution is 0.0827. The molecule has 1 heterocycles. The Balaban J connectivity index is 1.47. The van der Waals surface area contributed by atoms with E-state index in [0.29, 0.717) is 34.0 Å². The molecule has 4 rings (SSSR count). The van der Waals surface area contributed by atoms with Crippen LogP contribution in [0.2, 0.25) is 0 Å². The molecule has 0 spiro atoms. The summed E-state index contributed by atoms with van der Waals surface area (Å²) in [6.45, 7) is 1.92. The van der Waals surface area contributed by atoms with E-state index in [-0.39, 0.29) is 17.6 Å². The second kappa shape index (κ2) is 9.09. The number of carbonyl (C=O) groups excluding carboxylic acids is 3. The Kier molecular flexibility index (Phi) is 6.24. The minimum absolute atomic E-state index is 0.0454. The third-order valence-corrected chi connectivity index (χ3v) is 6.76. The lowest BCUT2D eigenvalue weighted by Crippen LogP contribution is -2.21. The maximum Gasteiger partial charge on any atom is 0.265 e. The Morgan fingerprint density at radius 3 is 2.31 bits per heavy atom. The van der Waals surface area contributed by atoms with Crippen LogP contribution < -0.4 is 5.32 Å². The standard InChI is InChI=1S/C26H26N2O3S/c1-16-4-7-20(22(29)14-17-5-6-17)15-21(16)27-25(30)24-13-12-23(32-24)18-8-10-19(11-9-18)26(31)28(2)3/h4,7-13,15,17H,5-6,14H2,1-3H3,(H,27,30). The minimum atomic E-state index is -0.199. The molecule has 0 aliphatic heterocycles. The highest BCUT2D eigenvalue weighted by molar-refractivity contribution is 7.17. The fraction of sp³-hybridized carbons (Fsp3) is 0.269. The van der Waals surface area contributed by atoms with E-state index in [1.165, 1.54) is 11.3 Å². The maximum absolute atomic E-state index is 12.9. The number of ketones is 1. The number of amides is 2. The third kappa shape index (κ3) is 4.97. The lowest BCUT2D eigenvalue weighted by atomic mass is 10.0. The van der Waals surface area contributed by atoms with Crippen molar-refractivity contribution in [1.82, 2.24) is 4.90 Å². The first-order valence-electron chi connectivity index (χ1n) is 10.7. The Hall–Kier alpha value is -3.25. The van der Waals surface area contributed by atoms with E-state index in [0.717, 1.165) is 28.8 Å². The van der Waals surface area contributed by atoms with Gasteiger partial charge in [0.2, 0.25) is 0 Å². The quantitative estimate of drug-likeness (QED) is 0.476. The molecule has 1 fully saturated rings. The highest BCUT2D eigenvalue weighted by Gasteiger charge is 2.25. The summed E-state index contributed by atoms with van der Waals surface area (Å²) < 4.78 is 0. The number of nitrogens with zero attached hydrogens (tertiary/aromatic N) is 1. The first-order chi connectivity index (χ1) is 15.3. The molecule has 3 aromatic rings. The van der Waals surface area contributed by atoms with E-state index in [4.69, 9.17) is 0 Å². The normalized spacial score (nSPS) is 13.0. The molecule has 6 heteroatoms. The van der Waals surface area contributed by atoms with Crippen molar-refractivity contribution in [2.75, 3.05) is 19.4 Å². The number of hydrogen-bond donors (Lipinski definition) is 1. The molecule has 32 heavy (non-hydrogen) atoms. The van der Waals surface area contributed by atoms with Crippen LogP contribution in [0, 0.1) is 12.8 Å². The maximum atomic E-state index is 12.9. The molecule has 0 unspecified atom stereocenters. The van der Waals surface area contributed by atoms with Crippen molar-refractivity contribution in [2.45, 2.75) is 26.2 Å². The zero-order chi connectivity index (χ0) is 22.8. The Morgan fingerprint density at radius 1 is 0.969 bits per heavy atom. The number of Topliss-reactive ketones (excluding diaryl/α,β-unsaturated/α-hetero) is 1. The second-order valence-electron chi connectivity index (χ2n) is 8.50. The molecule has 1 aliphatic rings. The van der Waals surface area contributed by atoms with Crippen molar-refractivity contribution in [3.8, 4) is 10.4 Å². The van der Waals surface area contributed by atoms with Gasteiger partial charge in [0, 0.05) is 42.2 Å². The van der Waals surface area contributed by atoms with Crippen LogP contribution in [-0.2, 0) is 0 Å². The van der Waals surface area contributed by atoms with Gasteiger partial charge in [0.25, 0.3) is 11.8 Å². The fourth-order valence-corrected chi connectivity index (χ4v) is 4.37. The number of carbonyl (C=O) groups is 3. The molecule has 0 bridgehead atoms. The Bertz CT molecular complexity index is 1170. The SMILES string of the molecule is Cc1ccc(C(=O)CC2CC2)cc1NC(=O)c1ccc(-c2ccc(C(=O)N(C)C)cc2)s1. The highest BCUT2D eigenvalue weighted by Crippen LogP contribution is 2.34. The number of anilines is 1. The smallest absolute Gasteiger partial charge is 0.265 e. The summed E-state index contributed by atoms with van der Waals surface area (Å²) in [4.78, 5) is 40.4. The van der Waals surface area contributed by atoms with Gasteiger partial charge in [0.05, 0.1) is 4.88 Å². The van der Waals surface area contributed by atoms with Crippen molar-refractivity contribution >= 4 is 34.6 Å². The summed E-state index contributed by atoms with van der Waals surface area (Å²) in [6.07, 6.45) is 2.86. The average Bonchev–Trinajstić information content (AvgIpc) is 3.45. The molecule has 0 radical (unpaired) electrons. The van der Waals surface area contributed by atoms with E-state index in [9.17, 15) is 14.4 Å². The summed E-state index contributed by atoms with van der Waals surface area (Å²) in [5.74, 6) is 0.422. The van der Waals surface area contributed by atoms with Gasteiger partial charge in [-0.2, -0.15) is 0 Å². The van der Waals surface area contributed by atoms with Gasteiger partial charge in [0.15, 0.2) is 5.78 Å². The second-order valence-corrected chi connectivity index (χ2v) is 9.58. The predicted octanol–water partition coefficient (Wildman–Crippen LogP) is 5.66. The number of thiophene rings is 1. The monoisotopic (exact) mass is 446 g/mol. The van der Waals surface area contributed by atoms with Gasteiger partial charge in [-0.1, -0.05) is 24.3 Å². The zero-order valence-electron chi connectivity index (χ0n) is 18.5. The third-order valence-electron chi connectivity index (χ3n) is 5.63. The molecule has 1 N–H and O–H groups in total. The van der Waals surface area contributed by atoms with Crippen molar-refractivity contribution in [2.24, 2.45) is 5.92 Å². The van der Waals surface area contributed by atoms with Crippen LogP contribution in [0.25, 0.3) is 10.4 Å². The molecule has 2 amide bonds. The number of benzene rings is 2. The van der Waals surface area contributed by atoms with Gasteiger partial charge >= 0.3 is 0 Å². The molecule has 1 aromatic heterocycles. The van der Waals surface area contributed by atoms with Crippen molar-refractivity contribution in [1.29, 1.82) is 0 Å². The van der Waals surface area contributed by atoms with Crippen LogP contribution in [0.3, 0.4) is 0 Å². The van der Waals surface area contributed by atoms with Gasteiger partial charge in [-0.3, -0.25) is 14.4 Å². The zero-order valence-corrected chi connectivity index (χ0v) is 19.3. The van der Waals surface area contributed by atoms with E-state index in [2.05, 4.69) is 5.32 Å². The van der Waals surface area contributed by atoms with Crippen molar-refractivity contribution < 1.29 is 14.4 Å². The predicted molar refractivity (Wildman–Crippen MR) is 129 cm³/mol. The molecule has 164 valence electrons. The fourth-order valence-electron chi connectivity index (χ4n) is 3.47. The van der Waals surface area contributed by atoms with E-state index < -0.39 is 0 Å². The van der Waals surface area contributed by atoms with E-state index >= 15 is 0 Å². The summed E-state index contributed by atoms with van der Waals surface area (Å²) in [6, 6.07) is 16.6.